The van der Waals surface area contributed by atoms with Crippen LogP contribution in [0, 0.1) is 6.92 Å². The number of rotatable bonds is 5. The topological polar surface area (TPSA) is 41.1 Å². The lowest BCUT2D eigenvalue weighted by atomic mass is 10.2. The van der Waals surface area contributed by atoms with Crippen LogP contribution >= 0.6 is 0 Å². The first kappa shape index (κ1) is 11.0. The molecule has 0 radical (unpaired) electrons. The van der Waals surface area contributed by atoms with E-state index in [0.717, 1.165) is 24.2 Å². The molecule has 0 aliphatic heterocycles. The molecule has 1 aromatic rings. The molecule has 4 heteroatoms. The molecule has 17 heavy (non-hydrogen) atoms. The van der Waals surface area contributed by atoms with Gasteiger partial charge in [-0.25, -0.2) is 9.97 Å². The molecule has 1 heterocycles. The summed E-state index contributed by atoms with van der Waals surface area (Å²) in [6.45, 7) is 2.99. The van der Waals surface area contributed by atoms with E-state index in [9.17, 15) is 0 Å². The molecule has 1 N–H and O–H groups in total. The van der Waals surface area contributed by atoms with Gasteiger partial charge in [0.15, 0.2) is 0 Å². The Kier molecular flexibility index (Phi) is 2.74. The Hall–Kier alpha value is -1.16. The smallest absolute Gasteiger partial charge is 0.225 e. The zero-order chi connectivity index (χ0) is 11.8. The van der Waals surface area contributed by atoms with E-state index in [4.69, 9.17) is 0 Å². The van der Waals surface area contributed by atoms with E-state index < -0.39 is 0 Å². The van der Waals surface area contributed by atoms with Crippen molar-refractivity contribution in [1.82, 2.24) is 15.3 Å². The average molecular weight is 232 g/mol. The summed E-state index contributed by atoms with van der Waals surface area (Å²) >= 11 is 0. The first-order chi connectivity index (χ1) is 8.24. The number of aromatic nitrogens is 2. The molecular weight excluding hydrogens is 212 g/mol. The molecule has 3 rings (SSSR count). The predicted molar refractivity (Wildman–Crippen MR) is 68.1 cm³/mol. The Balaban J connectivity index is 1.68. The molecule has 92 valence electrons. The molecule has 0 atom stereocenters. The van der Waals surface area contributed by atoms with Gasteiger partial charge in [0.1, 0.15) is 0 Å². The van der Waals surface area contributed by atoms with E-state index >= 15 is 0 Å². The third-order valence-electron chi connectivity index (χ3n) is 3.64. The van der Waals surface area contributed by atoms with Gasteiger partial charge in [0.05, 0.1) is 0 Å². The van der Waals surface area contributed by atoms with Crippen molar-refractivity contribution in [2.24, 2.45) is 0 Å². The zero-order valence-electron chi connectivity index (χ0n) is 10.6. The van der Waals surface area contributed by atoms with E-state index in [2.05, 4.69) is 34.2 Å². The van der Waals surface area contributed by atoms with Crippen LogP contribution in [-0.2, 0) is 6.54 Å². The summed E-state index contributed by atoms with van der Waals surface area (Å²) in [7, 11) is 2.09. The number of nitrogens with one attached hydrogen (secondary N) is 1. The molecule has 4 nitrogen and oxygen atoms in total. The maximum Gasteiger partial charge on any atom is 0.225 e. The van der Waals surface area contributed by atoms with Crippen molar-refractivity contribution in [2.45, 2.75) is 51.2 Å². The van der Waals surface area contributed by atoms with Crippen LogP contribution in [0.1, 0.15) is 36.9 Å². The third-order valence-corrected chi connectivity index (χ3v) is 3.64. The minimum Gasteiger partial charge on any atom is -0.341 e. The standard InChI is InChI=1S/C13H20N4/c1-9-10(7-14-11-3-4-11)8-15-13(16-9)17(2)12-5-6-12/h8,11-12,14H,3-7H2,1-2H3. The van der Waals surface area contributed by atoms with Gasteiger partial charge in [0.2, 0.25) is 5.95 Å². The van der Waals surface area contributed by atoms with Gasteiger partial charge in [-0.05, 0) is 32.6 Å². The van der Waals surface area contributed by atoms with Crippen molar-refractivity contribution >= 4 is 5.95 Å². The molecule has 0 saturated heterocycles. The predicted octanol–water partition coefficient (Wildman–Crippen LogP) is 1.64. The fourth-order valence-electron chi connectivity index (χ4n) is 1.99. The monoisotopic (exact) mass is 232 g/mol. The highest BCUT2D eigenvalue weighted by molar-refractivity contribution is 5.35. The Bertz CT molecular complexity index is 410. The lowest BCUT2D eigenvalue weighted by Crippen LogP contribution is -2.23. The highest BCUT2D eigenvalue weighted by Crippen LogP contribution is 2.28. The Morgan fingerprint density at radius 1 is 1.35 bits per heavy atom. The van der Waals surface area contributed by atoms with Crippen molar-refractivity contribution in [3.63, 3.8) is 0 Å². The summed E-state index contributed by atoms with van der Waals surface area (Å²) in [6, 6.07) is 1.41. The summed E-state index contributed by atoms with van der Waals surface area (Å²) in [5.74, 6) is 0.875. The molecule has 0 aromatic carbocycles. The molecule has 0 spiro atoms. The van der Waals surface area contributed by atoms with E-state index in [1.165, 1.54) is 31.2 Å². The molecule has 0 amide bonds. The van der Waals surface area contributed by atoms with Crippen LogP contribution < -0.4 is 10.2 Å². The average Bonchev–Trinajstić information content (AvgIpc) is 3.16. The van der Waals surface area contributed by atoms with Crippen LogP contribution in [0.25, 0.3) is 0 Å². The zero-order valence-corrected chi connectivity index (χ0v) is 10.6. The second-order valence-corrected chi connectivity index (χ2v) is 5.28. The fraction of sp³-hybridized carbons (Fsp3) is 0.692. The molecular formula is C13H20N4. The first-order valence-corrected chi connectivity index (χ1v) is 6.53. The van der Waals surface area contributed by atoms with Crippen molar-refractivity contribution in [1.29, 1.82) is 0 Å². The van der Waals surface area contributed by atoms with Gasteiger partial charge in [0, 0.05) is 43.1 Å². The summed E-state index contributed by atoms with van der Waals surface area (Å²) in [5.41, 5.74) is 2.33. The largest absolute Gasteiger partial charge is 0.341 e. The van der Waals surface area contributed by atoms with Gasteiger partial charge in [-0.15, -0.1) is 0 Å². The van der Waals surface area contributed by atoms with Gasteiger partial charge in [-0.2, -0.15) is 0 Å². The number of anilines is 1. The van der Waals surface area contributed by atoms with E-state index in [1.54, 1.807) is 0 Å². The quantitative estimate of drug-likeness (QED) is 0.838. The fourth-order valence-corrected chi connectivity index (χ4v) is 1.99. The molecule has 2 aliphatic rings. The summed E-state index contributed by atoms with van der Waals surface area (Å²) < 4.78 is 0. The molecule has 0 unspecified atom stereocenters. The maximum atomic E-state index is 4.61. The third kappa shape index (κ3) is 2.57. The van der Waals surface area contributed by atoms with Gasteiger partial charge in [0.25, 0.3) is 0 Å². The van der Waals surface area contributed by atoms with Gasteiger partial charge in [-0.1, -0.05) is 0 Å². The number of hydrogen-bond donors (Lipinski definition) is 1. The summed E-state index contributed by atoms with van der Waals surface area (Å²) in [4.78, 5) is 11.3. The van der Waals surface area contributed by atoms with E-state index in [-0.39, 0.29) is 0 Å². The van der Waals surface area contributed by atoms with Crippen LogP contribution in [0.5, 0.6) is 0 Å². The lowest BCUT2D eigenvalue weighted by molar-refractivity contribution is 0.678. The van der Waals surface area contributed by atoms with Gasteiger partial charge >= 0.3 is 0 Å². The van der Waals surface area contributed by atoms with Crippen LogP contribution in [0.4, 0.5) is 5.95 Å². The highest BCUT2D eigenvalue weighted by atomic mass is 15.3. The molecule has 2 fully saturated rings. The Labute approximate surface area is 102 Å². The summed E-state index contributed by atoms with van der Waals surface area (Å²) in [6.07, 6.45) is 7.19. The van der Waals surface area contributed by atoms with Gasteiger partial charge < -0.3 is 10.2 Å². The van der Waals surface area contributed by atoms with Crippen molar-refractivity contribution in [3.8, 4) is 0 Å². The van der Waals surface area contributed by atoms with Crippen molar-refractivity contribution in [3.05, 3.63) is 17.5 Å². The van der Waals surface area contributed by atoms with Crippen molar-refractivity contribution < 1.29 is 0 Å². The van der Waals surface area contributed by atoms with E-state index in [0.29, 0.717) is 6.04 Å². The number of hydrogen-bond acceptors (Lipinski definition) is 4. The molecule has 2 aliphatic carbocycles. The van der Waals surface area contributed by atoms with Crippen LogP contribution in [0.2, 0.25) is 0 Å². The molecule has 2 saturated carbocycles. The number of aryl methyl sites for hydroxylation is 1. The maximum absolute atomic E-state index is 4.61. The Morgan fingerprint density at radius 2 is 2.12 bits per heavy atom. The van der Waals surface area contributed by atoms with E-state index in [1.807, 2.05) is 6.20 Å². The SMILES string of the molecule is Cc1nc(N(C)C2CC2)ncc1CNC1CC1. The molecule has 1 aromatic heterocycles. The lowest BCUT2D eigenvalue weighted by Gasteiger charge is -2.17. The minimum atomic E-state index is 0.671. The van der Waals surface area contributed by atoms with Crippen LogP contribution in [0.3, 0.4) is 0 Å². The minimum absolute atomic E-state index is 0.671. The second-order valence-electron chi connectivity index (χ2n) is 5.28. The highest BCUT2D eigenvalue weighted by Gasteiger charge is 2.28. The Morgan fingerprint density at radius 3 is 2.71 bits per heavy atom. The van der Waals surface area contributed by atoms with Crippen LogP contribution in [0.15, 0.2) is 6.20 Å². The van der Waals surface area contributed by atoms with Crippen LogP contribution in [-0.4, -0.2) is 29.1 Å². The summed E-state index contributed by atoms with van der Waals surface area (Å²) in [5, 5.41) is 3.50. The van der Waals surface area contributed by atoms with Gasteiger partial charge in [-0.3, -0.25) is 0 Å². The first-order valence-electron chi connectivity index (χ1n) is 6.53. The normalized spacial score (nSPS) is 19.4. The number of nitrogens with zero attached hydrogens (tertiary/aromatic N) is 3. The second kappa shape index (κ2) is 4.26. The molecule has 0 bridgehead atoms. The van der Waals surface area contributed by atoms with Crippen molar-refractivity contribution in [2.75, 3.05) is 11.9 Å².